The predicted octanol–water partition coefficient (Wildman–Crippen LogP) is 5.38. The third-order valence-electron chi connectivity index (χ3n) is 6.29. The molecule has 0 fully saturated rings. The Bertz CT molecular complexity index is 1320. The monoisotopic (exact) mass is 495 g/mol. The Morgan fingerprint density at radius 1 is 1.27 bits per heavy atom. The van der Waals surface area contributed by atoms with E-state index in [0.29, 0.717) is 34.5 Å². The van der Waals surface area contributed by atoms with Crippen molar-refractivity contribution in [3.05, 3.63) is 64.1 Å². The molecule has 0 bridgehead atoms. The Kier molecular flexibility index (Phi) is 6.51. The molecule has 0 N–H and O–H groups in total. The maximum Gasteiger partial charge on any atom is 0.306 e. The number of sulfone groups is 1. The average molecular weight is 496 g/mol. The van der Waals surface area contributed by atoms with E-state index < -0.39 is 34.3 Å². The van der Waals surface area contributed by atoms with Crippen molar-refractivity contribution in [3.63, 3.8) is 0 Å². The molecular weight excluding hydrogens is 472 g/mol. The molecule has 33 heavy (non-hydrogen) atoms. The highest BCUT2D eigenvalue weighted by molar-refractivity contribution is 7.91. The lowest BCUT2D eigenvalue weighted by atomic mass is 9.84. The fraction of sp³-hybridized carbons (Fsp3) is 0.375. The van der Waals surface area contributed by atoms with E-state index in [9.17, 15) is 22.0 Å². The first-order valence-corrected chi connectivity index (χ1v) is 12.9. The van der Waals surface area contributed by atoms with Gasteiger partial charge in [0.2, 0.25) is 0 Å². The molecule has 1 aliphatic carbocycles. The Morgan fingerprint density at radius 2 is 1.97 bits per heavy atom. The van der Waals surface area contributed by atoms with Gasteiger partial charge in [0.1, 0.15) is 12.5 Å². The van der Waals surface area contributed by atoms with Crippen LogP contribution in [-0.2, 0) is 25.8 Å². The number of aromatic nitrogens is 1. The van der Waals surface area contributed by atoms with Crippen molar-refractivity contribution in [1.29, 1.82) is 0 Å². The molecule has 2 atom stereocenters. The number of nitrogens with zero attached hydrogens (tertiary/aromatic N) is 1. The first-order chi connectivity index (χ1) is 15.7. The predicted molar refractivity (Wildman–Crippen MR) is 123 cm³/mol. The largest absolute Gasteiger partial charge is 0.469 e. The van der Waals surface area contributed by atoms with Crippen LogP contribution in [0.15, 0.2) is 41.3 Å². The van der Waals surface area contributed by atoms with Gasteiger partial charge in [0.05, 0.1) is 30.0 Å². The third-order valence-corrected chi connectivity index (χ3v) is 7.66. The van der Waals surface area contributed by atoms with Crippen LogP contribution in [0.5, 0.6) is 0 Å². The summed E-state index contributed by atoms with van der Waals surface area (Å²) in [4.78, 5) is 12.0. The normalized spacial score (nSPS) is 17.1. The van der Waals surface area contributed by atoms with E-state index >= 15 is 0 Å². The number of benzene rings is 2. The number of fused-ring (bicyclic) bond motifs is 3. The van der Waals surface area contributed by atoms with Gasteiger partial charge in [0.25, 0.3) is 0 Å². The van der Waals surface area contributed by atoms with Gasteiger partial charge in [-0.25, -0.2) is 17.2 Å². The zero-order valence-corrected chi connectivity index (χ0v) is 19.8. The van der Waals surface area contributed by atoms with E-state index in [0.717, 1.165) is 24.3 Å². The number of ether oxygens (including phenoxy) is 1. The quantitative estimate of drug-likeness (QED) is 0.431. The van der Waals surface area contributed by atoms with Gasteiger partial charge >= 0.3 is 5.97 Å². The van der Waals surface area contributed by atoms with Gasteiger partial charge in [-0.3, -0.25) is 4.79 Å². The SMILES string of the molecule is COC(=O)C[C@H]1CCCc2c1n([C@@H](CF)c1ccc(Cl)cc1)c1c(S(C)(=O)=O)cc(F)cc21. The minimum atomic E-state index is -3.85. The molecule has 2 aromatic carbocycles. The van der Waals surface area contributed by atoms with Crippen molar-refractivity contribution < 1.29 is 26.7 Å². The molecule has 0 radical (unpaired) electrons. The molecule has 9 heteroatoms. The smallest absolute Gasteiger partial charge is 0.306 e. The number of aryl methyl sites for hydroxylation is 1. The second-order valence-electron chi connectivity index (χ2n) is 8.40. The van der Waals surface area contributed by atoms with Crippen LogP contribution in [0, 0.1) is 5.82 Å². The van der Waals surface area contributed by atoms with E-state index in [-0.39, 0.29) is 22.8 Å². The van der Waals surface area contributed by atoms with E-state index in [2.05, 4.69) is 0 Å². The summed E-state index contributed by atoms with van der Waals surface area (Å²) in [7, 11) is -2.54. The van der Waals surface area contributed by atoms with Gasteiger partial charge in [-0.2, -0.15) is 0 Å². The van der Waals surface area contributed by atoms with E-state index in [1.165, 1.54) is 13.2 Å². The highest BCUT2D eigenvalue weighted by atomic mass is 35.5. The van der Waals surface area contributed by atoms with Gasteiger partial charge in [-0.1, -0.05) is 23.7 Å². The highest BCUT2D eigenvalue weighted by Crippen LogP contribution is 2.45. The number of esters is 1. The fourth-order valence-corrected chi connectivity index (χ4v) is 5.92. The number of carbonyl (C=O) groups is 1. The lowest BCUT2D eigenvalue weighted by Gasteiger charge is -2.28. The van der Waals surface area contributed by atoms with Gasteiger partial charge in [-0.05, 0) is 54.7 Å². The molecular formula is C24H24ClF2NO4S. The first-order valence-electron chi connectivity index (χ1n) is 10.6. The maximum absolute atomic E-state index is 14.7. The lowest BCUT2D eigenvalue weighted by Crippen LogP contribution is -2.22. The molecule has 0 saturated heterocycles. The zero-order valence-electron chi connectivity index (χ0n) is 18.3. The number of hydrogen-bond donors (Lipinski definition) is 0. The lowest BCUT2D eigenvalue weighted by molar-refractivity contribution is -0.141. The van der Waals surface area contributed by atoms with Crippen molar-refractivity contribution >= 4 is 38.3 Å². The summed E-state index contributed by atoms with van der Waals surface area (Å²) < 4.78 is 61.2. The Balaban J connectivity index is 2.11. The highest BCUT2D eigenvalue weighted by Gasteiger charge is 2.35. The van der Waals surface area contributed by atoms with E-state index in [1.54, 1.807) is 28.8 Å². The van der Waals surface area contributed by atoms with Crippen molar-refractivity contribution in [2.24, 2.45) is 0 Å². The van der Waals surface area contributed by atoms with Crippen LogP contribution in [0.1, 0.15) is 48.0 Å². The maximum atomic E-state index is 14.7. The molecule has 3 aromatic rings. The van der Waals surface area contributed by atoms with Gasteiger partial charge in [0.15, 0.2) is 9.84 Å². The number of hydrogen-bond acceptors (Lipinski definition) is 4. The minimum Gasteiger partial charge on any atom is -0.469 e. The van der Waals surface area contributed by atoms with Crippen LogP contribution in [0.4, 0.5) is 8.78 Å². The van der Waals surface area contributed by atoms with Crippen molar-refractivity contribution in [3.8, 4) is 0 Å². The van der Waals surface area contributed by atoms with E-state index in [4.69, 9.17) is 16.3 Å². The van der Waals surface area contributed by atoms with Gasteiger partial charge in [-0.15, -0.1) is 0 Å². The Hall–Kier alpha value is -2.45. The van der Waals surface area contributed by atoms with Crippen LogP contribution in [0.2, 0.25) is 5.02 Å². The molecule has 1 heterocycles. The van der Waals surface area contributed by atoms with Gasteiger partial charge in [0, 0.05) is 28.3 Å². The number of methoxy groups -OCH3 is 1. The Morgan fingerprint density at radius 3 is 2.58 bits per heavy atom. The molecule has 0 unspecified atom stereocenters. The molecule has 0 spiro atoms. The molecule has 0 amide bonds. The van der Waals surface area contributed by atoms with Crippen molar-refractivity contribution in [2.45, 2.75) is 42.5 Å². The Labute approximate surface area is 196 Å². The van der Waals surface area contributed by atoms with Gasteiger partial charge < -0.3 is 9.30 Å². The number of carbonyl (C=O) groups excluding carboxylic acids is 1. The average Bonchev–Trinajstić information content (AvgIpc) is 3.09. The first kappa shape index (κ1) is 23.7. The molecule has 0 saturated carbocycles. The van der Waals surface area contributed by atoms with Crippen LogP contribution in [-0.4, -0.2) is 39.0 Å². The van der Waals surface area contributed by atoms with Crippen molar-refractivity contribution in [1.82, 2.24) is 4.57 Å². The summed E-state index contributed by atoms with van der Waals surface area (Å²) in [5.41, 5.74) is 2.27. The number of halogens is 3. The number of alkyl halides is 1. The summed E-state index contributed by atoms with van der Waals surface area (Å²) in [5, 5.41) is 0.922. The van der Waals surface area contributed by atoms with E-state index in [1.807, 2.05) is 0 Å². The van der Waals surface area contributed by atoms with Crippen LogP contribution >= 0.6 is 11.6 Å². The summed E-state index contributed by atoms with van der Waals surface area (Å²) in [6, 6.07) is 8.06. The second kappa shape index (κ2) is 9.06. The standard InChI is InChI=1S/C24H24ClF2NO4S/c1-32-22(29)10-15-4-3-5-18-19-11-17(27)12-21(33(2,30)31)24(19)28(23(15)18)20(13-26)14-6-8-16(25)9-7-14/h6-9,11-12,15,20H,3-5,10,13H2,1-2H3/t15-,20+/m1/s1. The van der Waals surface area contributed by atoms with Crippen LogP contribution in [0.3, 0.4) is 0 Å². The topological polar surface area (TPSA) is 65.4 Å². The molecule has 1 aromatic heterocycles. The fourth-order valence-electron chi connectivity index (χ4n) is 4.91. The summed E-state index contributed by atoms with van der Waals surface area (Å²) >= 11 is 6.02. The summed E-state index contributed by atoms with van der Waals surface area (Å²) in [5.74, 6) is -1.41. The molecule has 1 aliphatic rings. The summed E-state index contributed by atoms with van der Waals surface area (Å²) in [6.07, 6.45) is 3.03. The van der Waals surface area contributed by atoms with Crippen LogP contribution in [0.25, 0.3) is 10.9 Å². The number of rotatable bonds is 6. The second-order valence-corrected chi connectivity index (χ2v) is 10.8. The molecule has 5 nitrogen and oxygen atoms in total. The van der Waals surface area contributed by atoms with Crippen molar-refractivity contribution in [2.75, 3.05) is 20.0 Å². The zero-order chi connectivity index (χ0) is 23.9. The molecule has 176 valence electrons. The minimum absolute atomic E-state index is 0.0656. The molecule has 4 rings (SSSR count). The third kappa shape index (κ3) is 4.38. The molecule has 0 aliphatic heterocycles. The van der Waals surface area contributed by atoms with Crippen LogP contribution < -0.4 is 0 Å². The summed E-state index contributed by atoms with van der Waals surface area (Å²) in [6.45, 7) is -0.830.